The average Bonchev–Trinajstić information content (AvgIpc) is 3.12. The predicted molar refractivity (Wildman–Crippen MR) is 102 cm³/mol. The van der Waals surface area contributed by atoms with Crippen LogP contribution < -0.4 is 20.3 Å². The Balaban J connectivity index is 1.54. The molecule has 1 aromatic heterocycles. The monoisotopic (exact) mass is 385 g/mol. The first kappa shape index (κ1) is 19.4. The molecule has 2 heterocycles. The summed E-state index contributed by atoms with van der Waals surface area (Å²) in [5, 5.41) is 9.65. The first-order valence-electron chi connectivity index (χ1n) is 8.95. The third kappa shape index (κ3) is 4.13. The van der Waals surface area contributed by atoms with E-state index in [2.05, 4.69) is 15.7 Å². The largest absolute Gasteiger partial charge is 0.497 e. The number of nitrogens with zero attached hydrogens (tertiary/aromatic N) is 3. The first-order chi connectivity index (χ1) is 13.4. The molecule has 9 heteroatoms. The Bertz CT molecular complexity index is 890. The standard InChI is InChI=1S/C19H23N5O4/c1-12-10-13(2)23(22-12)9-8-20-17(25)11-16-18(26)24(19(27)21-16)14-4-6-15(28-3)7-5-14/h4-7,10,16H,8-9,11H2,1-3H3,(H,20,25)(H,21,27)/t16-/m0/s1. The van der Waals surface area contributed by atoms with Gasteiger partial charge in [-0.05, 0) is 44.2 Å². The van der Waals surface area contributed by atoms with Crippen LogP contribution in [0, 0.1) is 13.8 Å². The Morgan fingerprint density at radius 1 is 1.25 bits per heavy atom. The highest BCUT2D eigenvalue weighted by molar-refractivity contribution is 6.22. The summed E-state index contributed by atoms with van der Waals surface area (Å²) in [6.45, 7) is 4.78. The fourth-order valence-corrected chi connectivity index (χ4v) is 3.11. The van der Waals surface area contributed by atoms with Crippen molar-refractivity contribution in [2.45, 2.75) is 32.9 Å². The second-order valence-corrected chi connectivity index (χ2v) is 6.58. The number of amides is 4. The molecule has 1 aromatic carbocycles. The van der Waals surface area contributed by atoms with Crippen LogP contribution in [-0.4, -0.2) is 47.3 Å². The highest BCUT2D eigenvalue weighted by atomic mass is 16.5. The van der Waals surface area contributed by atoms with Crippen molar-refractivity contribution in [2.75, 3.05) is 18.6 Å². The number of nitrogens with one attached hydrogen (secondary N) is 2. The lowest BCUT2D eigenvalue weighted by molar-refractivity contribution is -0.125. The molecule has 1 aliphatic rings. The van der Waals surface area contributed by atoms with E-state index in [-0.39, 0.29) is 12.3 Å². The van der Waals surface area contributed by atoms with Gasteiger partial charge in [-0.3, -0.25) is 14.3 Å². The van der Waals surface area contributed by atoms with Crippen molar-refractivity contribution in [1.29, 1.82) is 0 Å². The second kappa shape index (κ2) is 8.12. The third-order valence-electron chi connectivity index (χ3n) is 4.49. The molecule has 2 aromatic rings. The van der Waals surface area contributed by atoms with Gasteiger partial charge in [-0.25, -0.2) is 9.69 Å². The first-order valence-corrected chi connectivity index (χ1v) is 8.95. The van der Waals surface area contributed by atoms with Crippen molar-refractivity contribution in [1.82, 2.24) is 20.4 Å². The van der Waals surface area contributed by atoms with Gasteiger partial charge in [0.25, 0.3) is 5.91 Å². The van der Waals surface area contributed by atoms with Gasteiger partial charge in [0, 0.05) is 12.2 Å². The Morgan fingerprint density at radius 3 is 2.57 bits per heavy atom. The lowest BCUT2D eigenvalue weighted by Gasteiger charge is -2.13. The van der Waals surface area contributed by atoms with Crippen LogP contribution in [0.4, 0.5) is 10.5 Å². The van der Waals surface area contributed by atoms with E-state index in [0.717, 1.165) is 16.3 Å². The Labute approximate surface area is 162 Å². The van der Waals surface area contributed by atoms with Gasteiger partial charge in [-0.2, -0.15) is 5.10 Å². The van der Waals surface area contributed by atoms with Gasteiger partial charge in [0.05, 0.1) is 31.5 Å². The Kier molecular flexibility index (Phi) is 5.62. The zero-order valence-corrected chi connectivity index (χ0v) is 16.1. The number of anilines is 1. The van der Waals surface area contributed by atoms with Crippen LogP contribution in [-0.2, 0) is 16.1 Å². The van der Waals surface area contributed by atoms with E-state index in [1.165, 1.54) is 7.11 Å². The van der Waals surface area contributed by atoms with Gasteiger partial charge < -0.3 is 15.4 Å². The molecule has 1 fully saturated rings. The molecule has 0 spiro atoms. The highest BCUT2D eigenvalue weighted by Crippen LogP contribution is 2.23. The zero-order chi connectivity index (χ0) is 20.3. The average molecular weight is 385 g/mol. The Morgan fingerprint density at radius 2 is 1.96 bits per heavy atom. The van der Waals surface area contributed by atoms with Crippen molar-refractivity contribution < 1.29 is 19.1 Å². The molecule has 28 heavy (non-hydrogen) atoms. The van der Waals surface area contributed by atoms with E-state index in [1.807, 2.05) is 24.6 Å². The van der Waals surface area contributed by atoms with Gasteiger partial charge in [0.1, 0.15) is 11.8 Å². The molecule has 0 radical (unpaired) electrons. The number of imide groups is 1. The molecule has 0 saturated carbocycles. The molecule has 1 aliphatic heterocycles. The summed E-state index contributed by atoms with van der Waals surface area (Å²) < 4.78 is 6.88. The van der Waals surface area contributed by atoms with Gasteiger partial charge in [-0.15, -0.1) is 0 Å². The summed E-state index contributed by atoms with van der Waals surface area (Å²) in [7, 11) is 1.53. The topological polar surface area (TPSA) is 106 Å². The van der Waals surface area contributed by atoms with Crippen LogP contribution in [0.5, 0.6) is 5.75 Å². The van der Waals surface area contributed by atoms with Gasteiger partial charge in [0.15, 0.2) is 0 Å². The van der Waals surface area contributed by atoms with Gasteiger partial charge >= 0.3 is 6.03 Å². The van der Waals surface area contributed by atoms with Crippen molar-refractivity contribution >= 4 is 23.5 Å². The van der Waals surface area contributed by atoms with Crippen molar-refractivity contribution in [3.63, 3.8) is 0 Å². The fourth-order valence-electron chi connectivity index (χ4n) is 3.11. The van der Waals surface area contributed by atoms with Crippen molar-refractivity contribution in [3.8, 4) is 5.75 Å². The number of rotatable bonds is 7. The molecule has 1 saturated heterocycles. The zero-order valence-electron chi connectivity index (χ0n) is 16.1. The summed E-state index contributed by atoms with van der Waals surface area (Å²) in [4.78, 5) is 38.0. The maximum absolute atomic E-state index is 12.6. The molecule has 1 atom stereocenters. The van der Waals surface area contributed by atoms with Crippen molar-refractivity contribution in [2.24, 2.45) is 0 Å². The molecule has 2 N–H and O–H groups in total. The number of aromatic nitrogens is 2. The molecule has 0 aliphatic carbocycles. The molecule has 148 valence electrons. The van der Waals surface area contributed by atoms with Crippen LogP contribution in [0.3, 0.4) is 0 Å². The Hall–Kier alpha value is -3.36. The van der Waals surface area contributed by atoms with Gasteiger partial charge in [0.2, 0.25) is 5.91 Å². The number of carbonyl (C=O) groups is 3. The number of carbonyl (C=O) groups excluding carboxylic acids is 3. The summed E-state index contributed by atoms with van der Waals surface area (Å²) in [5.41, 5.74) is 2.36. The molecule has 9 nitrogen and oxygen atoms in total. The summed E-state index contributed by atoms with van der Waals surface area (Å²) in [6, 6.07) is 7.09. The van der Waals surface area contributed by atoms with E-state index >= 15 is 0 Å². The van der Waals surface area contributed by atoms with E-state index in [4.69, 9.17) is 4.74 Å². The molecule has 0 bridgehead atoms. The molecular formula is C19H23N5O4. The predicted octanol–water partition coefficient (Wildman–Crippen LogP) is 1.14. The number of urea groups is 1. The normalized spacial score (nSPS) is 16.2. The number of ether oxygens (including phenoxy) is 1. The quantitative estimate of drug-likeness (QED) is 0.696. The maximum atomic E-state index is 12.6. The van der Waals surface area contributed by atoms with Crippen LogP contribution in [0.15, 0.2) is 30.3 Å². The minimum atomic E-state index is -0.886. The summed E-state index contributed by atoms with van der Waals surface area (Å²) in [5.74, 6) is -0.144. The SMILES string of the molecule is COc1ccc(N2C(=O)N[C@@H](CC(=O)NCCn3nc(C)cc3C)C2=O)cc1. The molecule has 4 amide bonds. The van der Waals surface area contributed by atoms with Gasteiger partial charge in [-0.1, -0.05) is 0 Å². The minimum absolute atomic E-state index is 0.117. The minimum Gasteiger partial charge on any atom is -0.497 e. The number of benzene rings is 1. The third-order valence-corrected chi connectivity index (χ3v) is 4.49. The molecule has 0 unspecified atom stereocenters. The smallest absolute Gasteiger partial charge is 0.329 e. The fraction of sp³-hybridized carbons (Fsp3) is 0.368. The number of aryl methyl sites for hydroxylation is 2. The van der Waals surface area contributed by atoms with Crippen LogP contribution in [0.25, 0.3) is 0 Å². The number of methoxy groups -OCH3 is 1. The van der Waals surface area contributed by atoms with E-state index < -0.39 is 18.0 Å². The van der Waals surface area contributed by atoms with Crippen LogP contribution in [0.1, 0.15) is 17.8 Å². The number of hydrogen-bond donors (Lipinski definition) is 2. The maximum Gasteiger partial charge on any atom is 0.329 e. The highest BCUT2D eigenvalue weighted by Gasteiger charge is 2.39. The molecule has 3 rings (SSSR count). The van der Waals surface area contributed by atoms with Crippen LogP contribution >= 0.6 is 0 Å². The summed E-state index contributed by atoms with van der Waals surface area (Å²) in [6.07, 6.45) is -0.117. The number of hydrogen-bond acceptors (Lipinski definition) is 5. The lowest BCUT2D eigenvalue weighted by atomic mass is 10.2. The van der Waals surface area contributed by atoms with E-state index in [9.17, 15) is 14.4 Å². The van der Waals surface area contributed by atoms with Crippen LogP contribution in [0.2, 0.25) is 0 Å². The van der Waals surface area contributed by atoms with Crippen molar-refractivity contribution in [3.05, 3.63) is 41.7 Å². The second-order valence-electron chi connectivity index (χ2n) is 6.58. The molecular weight excluding hydrogens is 362 g/mol. The lowest BCUT2D eigenvalue weighted by Crippen LogP contribution is -2.37. The summed E-state index contributed by atoms with van der Waals surface area (Å²) >= 11 is 0. The van der Waals surface area contributed by atoms with E-state index in [1.54, 1.807) is 24.3 Å². The van der Waals surface area contributed by atoms with E-state index in [0.29, 0.717) is 24.5 Å².